The highest BCUT2D eigenvalue weighted by atomic mass is 35.5. The molecule has 0 aliphatic carbocycles. The zero-order valence-corrected chi connectivity index (χ0v) is 15.3. The number of nitrogens with two attached hydrogens (primary N) is 1. The Balaban J connectivity index is 0.00000441. The number of benzene rings is 1. The molecule has 0 radical (unpaired) electrons. The van der Waals surface area contributed by atoms with Gasteiger partial charge in [0.1, 0.15) is 5.75 Å². The number of halogens is 1. The summed E-state index contributed by atoms with van der Waals surface area (Å²) < 4.78 is 32.2. The van der Waals surface area contributed by atoms with E-state index in [1.807, 2.05) is 0 Å². The number of rotatable bonds is 8. The predicted octanol–water partition coefficient (Wildman–Crippen LogP) is 2.55. The van der Waals surface area contributed by atoms with E-state index in [0.717, 1.165) is 6.42 Å². The lowest BCUT2D eigenvalue weighted by molar-refractivity contribution is 0.289. The van der Waals surface area contributed by atoms with E-state index in [1.54, 1.807) is 26.0 Å². The lowest BCUT2D eigenvalue weighted by Crippen LogP contribution is -2.45. The predicted molar refractivity (Wildman–Crippen MR) is 92.1 cm³/mol. The summed E-state index contributed by atoms with van der Waals surface area (Å²) in [6, 6.07) is 6.41. The van der Waals surface area contributed by atoms with Crippen molar-refractivity contribution in [1.82, 2.24) is 4.72 Å². The molecule has 0 aliphatic rings. The Morgan fingerprint density at radius 3 is 2.23 bits per heavy atom. The van der Waals surface area contributed by atoms with Gasteiger partial charge in [0.25, 0.3) is 0 Å². The van der Waals surface area contributed by atoms with Gasteiger partial charge < -0.3 is 10.5 Å². The summed E-state index contributed by atoms with van der Waals surface area (Å²) in [6.07, 6.45) is 0.965. The van der Waals surface area contributed by atoms with Crippen molar-refractivity contribution in [3.05, 3.63) is 24.3 Å². The molecule has 0 aromatic heterocycles. The first-order valence-electron chi connectivity index (χ1n) is 7.11. The van der Waals surface area contributed by atoms with Gasteiger partial charge in [0.15, 0.2) is 0 Å². The number of ether oxygens (including phenoxy) is 1. The van der Waals surface area contributed by atoms with Crippen LogP contribution in [0.4, 0.5) is 0 Å². The van der Waals surface area contributed by atoms with E-state index in [1.165, 1.54) is 12.1 Å². The molecule has 3 N–H and O–H groups in total. The van der Waals surface area contributed by atoms with Crippen LogP contribution in [-0.4, -0.2) is 27.1 Å². The maximum atomic E-state index is 12.1. The summed E-state index contributed by atoms with van der Waals surface area (Å²) in [4.78, 5) is 0.211. The topological polar surface area (TPSA) is 81.4 Å². The molecule has 128 valence electrons. The van der Waals surface area contributed by atoms with Crippen molar-refractivity contribution in [1.29, 1.82) is 0 Å². The van der Waals surface area contributed by atoms with Crippen LogP contribution in [-0.2, 0) is 10.0 Å². The third-order valence-corrected chi connectivity index (χ3v) is 4.23. The van der Waals surface area contributed by atoms with E-state index < -0.39 is 15.6 Å². The summed E-state index contributed by atoms with van der Waals surface area (Å²) in [7, 11) is -3.53. The minimum absolute atomic E-state index is 0. The van der Waals surface area contributed by atoms with Gasteiger partial charge in [0.2, 0.25) is 10.0 Å². The minimum atomic E-state index is -3.53. The van der Waals surface area contributed by atoms with Crippen LogP contribution in [0.15, 0.2) is 29.2 Å². The van der Waals surface area contributed by atoms with Gasteiger partial charge in [-0.2, -0.15) is 0 Å². The molecule has 0 atom stereocenters. The van der Waals surface area contributed by atoms with E-state index in [4.69, 9.17) is 10.5 Å². The largest absolute Gasteiger partial charge is 0.494 e. The Labute approximate surface area is 140 Å². The van der Waals surface area contributed by atoms with Gasteiger partial charge in [-0.25, -0.2) is 13.1 Å². The molecule has 1 aromatic carbocycles. The van der Waals surface area contributed by atoms with E-state index >= 15 is 0 Å². The van der Waals surface area contributed by atoms with Crippen molar-refractivity contribution >= 4 is 22.4 Å². The first kappa shape index (κ1) is 21.2. The van der Waals surface area contributed by atoms with Gasteiger partial charge in [0.05, 0.1) is 11.5 Å². The minimum Gasteiger partial charge on any atom is -0.494 e. The molecule has 0 fully saturated rings. The van der Waals surface area contributed by atoms with Crippen LogP contribution < -0.4 is 15.2 Å². The molecule has 0 aliphatic heterocycles. The van der Waals surface area contributed by atoms with Gasteiger partial charge in [-0.1, -0.05) is 13.8 Å². The first-order valence-corrected chi connectivity index (χ1v) is 8.60. The smallest absolute Gasteiger partial charge is 0.240 e. The van der Waals surface area contributed by atoms with Gasteiger partial charge in [-0.15, -0.1) is 12.4 Å². The Bertz CT molecular complexity index is 537. The standard InChI is InChI=1S/C15H26N2O3S.ClH/c1-12(2)9-10-20-13-5-7-14(8-6-13)21(18,19)17-11-15(3,4)16;/h5-8,12,17H,9-11,16H2,1-4H3;1H. The van der Waals surface area contributed by atoms with Gasteiger partial charge in [-0.05, 0) is 50.5 Å². The third-order valence-electron chi connectivity index (χ3n) is 2.82. The van der Waals surface area contributed by atoms with E-state index in [0.29, 0.717) is 18.3 Å². The monoisotopic (exact) mass is 350 g/mol. The van der Waals surface area contributed by atoms with Crippen molar-refractivity contribution in [2.75, 3.05) is 13.2 Å². The molecular weight excluding hydrogens is 324 g/mol. The average molecular weight is 351 g/mol. The maximum Gasteiger partial charge on any atom is 0.240 e. The van der Waals surface area contributed by atoms with Crippen LogP contribution in [0.3, 0.4) is 0 Å². The lowest BCUT2D eigenvalue weighted by Gasteiger charge is -2.19. The fourth-order valence-corrected chi connectivity index (χ4v) is 2.71. The lowest BCUT2D eigenvalue weighted by atomic mass is 10.1. The van der Waals surface area contributed by atoms with Crippen LogP contribution in [0.25, 0.3) is 0 Å². The van der Waals surface area contributed by atoms with Crippen LogP contribution in [0, 0.1) is 5.92 Å². The van der Waals surface area contributed by atoms with Crippen LogP contribution in [0.1, 0.15) is 34.1 Å². The molecule has 0 saturated heterocycles. The van der Waals surface area contributed by atoms with Gasteiger partial charge in [0, 0.05) is 12.1 Å². The van der Waals surface area contributed by atoms with E-state index in [-0.39, 0.29) is 23.8 Å². The molecule has 1 rings (SSSR count). The van der Waals surface area contributed by atoms with Crippen molar-refractivity contribution < 1.29 is 13.2 Å². The first-order chi connectivity index (χ1) is 9.60. The SMILES string of the molecule is CC(C)CCOc1ccc(S(=O)(=O)NCC(C)(C)N)cc1.Cl. The second-order valence-electron chi connectivity index (χ2n) is 6.32. The zero-order valence-electron chi connectivity index (χ0n) is 13.6. The van der Waals surface area contributed by atoms with E-state index in [9.17, 15) is 8.42 Å². The molecule has 1 aromatic rings. The average Bonchev–Trinajstić information content (AvgIpc) is 2.36. The molecule has 0 heterocycles. The van der Waals surface area contributed by atoms with Crippen LogP contribution >= 0.6 is 12.4 Å². The highest BCUT2D eigenvalue weighted by molar-refractivity contribution is 7.89. The van der Waals surface area contributed by atoms with Crippen molar-refractivity contribution in [2.24, 2.45) is 11.7 Å². The summed E-state index contributed by atoms with van der Waals surface area (Å²) in [6.45, 7) is 8.60. The summed E-state index contributed by atoms with van der Waals surface area (Å²) in [5, 5.41) is 0. The molecule has 0 unspecified atom stereocenters. The molecule has 7 heteroatoms. The van der Waals surface area contributed by atoms with Gasteiger partial charge in [-0.3, -0.25) is 0 Å². The zero-order chi connectivity index (χ0) is 16.1. The van der Waals surface area contributed by atoms with Crippen molar-refractivity contribution in [2.45, 2.75) is 44.6 Å². The Morgan fingerprint density at radius 2 is 1.77 bits per heavy atom. The van der Waals surface area contributed by atoms with Crippen molar-refractivity contribution in [3.8, 4) is 5.75 Å². The van der Waals surface area contributed by atoms with E-state index in [2.05, 4.69) is 18.6 Å². The Morgan fingerprint density at radius 1 is 1.23 bits per heavy atom. The highest BCUT2D eigenvalue weighted by Crippen LogP contribution is 2.16. The summed E-state index contributed by atoms with van der Waals surface area (Å²) in [5.74, 6) is 1.25. The molecule has 22 heavy (non-hydrogen) atoms. The fraction of sp³-hybridized carbons (Fsp3) is 0.600. The highest BCUT2D eigenvalue weighted by Gasteiger charge is 2.18. The number of hydrogen-bond donors (Lipinski definition) is 2. The normalized spacial score (nSPS) is 12.1. The second kappa shape index (κ2) is 8.72. The number of hydrogen-bond acceptors (Lipinski definition) is 4. The molecule has 0 saturated carbocycles. The summed E-state index contributed by atoms with van der Waals surface area (Å²) in [5.41, 5.74) is 5.19. The molecule has 0 bridgehead atoms. The third kappa shape index (κ3) is 7.98. The molecule has 0 spiro atoms. The quantitative estimate of drug-likeness (QED) is 0.754. The van der Waals surface area contributed by atoms with Crippen LogP contribution in [0.5, 0.6) is 5.75 Å². The second-order valence-corrected chi connectivity index (χ2v) is 8.08. The molecule has 5 nitrogen and oxygen atoms in total. The summed E-state index contributed by atoms with van der Waals surface area (Å²) >= 11 is 0. The molecular formula is C15H27ClN2O3S. The van der Waals surface area contributed by atoms with Crippen LogP contribution in [0.2, 0.25) is 0 Å². The Hall–Kier alpha value is -0.820. The van der Waals surface area contributed by atoms with Crippen molar-refractivity contribution in [3.63, 3.8) is 0 Å². The fourth-order valence-electron chi connectivity index (χ4n) is 1.49. The number of sulfonamides is 1. The maximum absolute atomic E-state index is 12.1. The number of nitrogens with one attached hydrogen (secondary N) is 1. The Kier molecular flexibility index (Phi) is 8.39. The molecule has 0 amide bonds. The van der Waals surface area contributed by atoms with Gasteiger partial charge >= 0.3 is 0 Å².